The molecular weight excluding hydrogens is 616 g/mol. The normalized spacial score (nSPS) is 19.7. The van der Waals surface area contributed by atoms with E-state index in [4.69, 9.17) is 4.74 Å². The summed E-state index contributed by atoms with van der Waals surface area (Å²) in [5.41, 5.74) is -2.01. The van der Waals surface area contributed by atoms with Crippen LogP contribution in [-0.4, -0.2) is 59.7 Å². The molecule has 1 aliphatic heterocycles. The molecule has 0 amide bonds. The van der Waals surface area contributed by atoms with Crippen molar-refractivity contribution in [3.63, 3.8) is 0 Å². The lowest BCUT2D eigenvalue weighted by atomic mass is 9.92. The second-order valence-corrected chi connectivity index (χ2v) is 11.4. The van der Waals surface area contributed by atoms with Gasteiger partial charge >= 0.3 is 12.4 Å². The lowest BCUT2D eigenvalue weighted by Crippen LogP contribution is -2.46. The molecule has 0 bridgehead atoms. The van der Waals surface area contributed by atoms with Crippen LogP contribution < -0.4 is 15.0 Å². The predicted molar refractivity (Wildman–Crippen MR) is 162 cm³/mol. The molecule has 3 aromatic rings. The van der Waals surface area contributed by atoms with Crippen molar-refractivity contribution in [2.75, 3.05) is 42.9 Å². The van der Waals surface area contributed by atoms with Crippen LogP contribution >= 0.6 is 0 Å². The molecule has 2 fully saturated rings. The number of nitrogens with zero attached hydrogens (tertiary/aromatic N) is 4. The van der Waals surface area contributed by atoms with E-state index in [9.17, 15) is 36.5 Å². The molecule has 1 saturated carbocycles. The van der Waals surface area contributed by atoms with Crippen LogP contribution in [0.25, 0.3) is 6.08 Å². The topological polar surface area (TPSA) is 83.8 Å². The number of nitro groups is 1. The Bertz CT molecular complexity index is 1510. The van der Waals surface area contributed by atoms with E-state index < -0.39 is 34.1 Å². The fraction of sp³-hybridized carbons (Fsp3) is 0.406. The monoisotopic (exact) mass is 649 g/mol. The number of piperazine rings is 1. The number of ether oxygens (including phenoxy) is 1. The quantitative estimate of drug-likeness (QED) is 0.145. The van der Waals surface area contributed by atoms with Crippen molar-refractivity contribution in [1.82, 2.24) is 9.88 Å². The number of nitro benzene ring substituents is 1. The van der Waals surface area contributed by atoms with Gasteiger partial charge in [-0.3, -0.25) is 15.0 Å². The van der Waals surface area contributed by atoms with Crippen molar-refractivity contribution < 1.29 is 36.0 Å². The molecule has 5 rings (SSSR count). The molecule has 0 unspecified atom stereocenters. The summed E-state index contributed by atoms with van der Waals surface area (Å²) in [6.07, 6.45) is -1.09. The van der Waals surface area contributed by atoms with Crippen molar-refractivity contribution in [1.29, 1.82) is 0 Å². The van der Waals surface area contributed by atoms with Crippen molar-refractivity contribution in [3.8, 4) is 5.75 Å². The molecule has 1 saturated heterocycles. The number of alkyl halides is 6. The van der Waals surface area contributed by atoms with Crippen LogP contribution in [0.1, 0.15) is 42.4 Å². The highest BCUT2D eigenvalue weighted by Gasteiger charge is 2.38. The standard InChI is InChI=1S/C32H33F6N5O3/c33-31(34,35)23-5-3-22(4-6-23)2-1-15-41-16-18-42(19-17-41)30-21-27(13-14-39-30)46-26-10-7-24(8-11-26)40-25-9-12-29(43(44)45)28(20-25)32(36,37)38/h1-6,9,12-14,20-21,24,26,40H,7-8,10-11,15-19H2/b2-1+/t24-,26-. The highest BCUT2D eigenvalue weighted by Crippen LogP contribution is 2.38. The zero-order valence-corrected chi connectivity index (χ0v) is 24.7. The van der Waals surface area contributed by atoms with E-state index in [1.165, 1.54) is 18.2 Å². The summed E-state index contributed by atoms with van der Waals surface area (Å²) in [6, 6.07) is 11.7. The first-order valence-corrected chi connectivity index (χ1v) is 14.9. The number of halogens is 6. The molecule has 1 aliphatic carbocycles. The van der Waals surface area contributed by atoms with Gasteiger partial charge in [0.05, 0.1) is 16.6 Å². The van der Waals surface area contributed by atoms with Crippen molar-refractivity contribution in [2.24, 2.45) is 0 Å². The molecule has 1 N–H and O–H groups in total. The minimum atomic E-state index is -4.83. The van der Waals surface area contributed by atoms with E-state index >= 15 is 0 Å². The van der Waals surface area contributed by atoms with E-state index in [0.717, 1.165) is 56.3 Å². The van der Waals surface area contributed by atoms with Crippen molar-refractivity contribution in [2.45, 2.75) is 50.2 Å². The van der Waals surface area contributed by atoms with Crippen LogP contribution in [0.5, 0.6) is 5.75 Å². The second kappa shape index (κ2) is 14.0. The van der Waals surface area contributed by atoms with E-state index in [0.29, 0.717) is 43.5 Å². The number of anilines is 2. The first-order chi connectivity index (χ1) is 21.8. The number of pyridine rings is 1. The fourth-order valence-corrected chi connectivity index (χ4v) is 5.69. The van der Waals surface area contributed by atoms with Gasteiger partial charge in [-0.05, 0) is 61.6 Å². The van der Waals surface area contributed by atoms with Gasteiger partial charge in [-0.15, -0.1) is 0 Å². The molecule has 2 heterocycles. The largest absolute Gasteiger partial charge is 0.490 e. The van der Waals surface area contributed by atoms with Gasteiger partial charge in [-0.2, -0.15) is 26.3 Å². The molecular formula is C32H33F6N5O3. The fourth-order valence-electron chi connectivity index (χ4n) is 5.69. The molecule has 1 aromatic heterocycles. The van der Waals surface area contributed by atoms with Crippen molar-refractivity contribution in [3.05, 3.63) is 93.7 Å². The summed E-state index contributed by atoms with van der Waals surface area (Å²) in [6.45, 7) is 3.76. The third-order valence-electron chi connectivity index (χ3n) is 8.17. The predicted octanol–water partition coefficient (Wildman–Crippen LogP) is 7.66. The van der Waals surface area contributed by atoms with Gasteiger partial charge in [0, 0.05) is 62.8 Å². The summed E-state index contributed by atoms with van der Waals surface area (Å²) < 4.78 is 84.5. The second-order valence-electron chi connectivity index (χ2n) is 11.4. The molecule has 0 atom stereocenters. The molecule has 2 aromatic carbocycles. The Morgan fingerprint density at radius 1 is 0.913 bits per heavy atom. The summed E-state index contributed by atoms with van der Waals surface area (Å²) in [5.74, 6) is 1.49. The summed E-state index contributed by atoms with van der Waals surface area (Å²) in [7, 11) is 0. The minimum Gasteiger partial charge on any atom is -0.490 e. The van der Waals surface area contributed by atoms with Crippen LogP contribution in [0.4, 0.5) is 43.5 Å². The molecule has 14 heteroatoms. The van der Waals surface area contributed by atoms with E-state index in [1.807, 2.05) is 18.2 Å². The highest BCUT2D eigenvalue weighted by atomic mass is 19.4. The maximum Gasteiger partial charge on any atom is 0.423 e. The molecule has 46 heavy (non-hydrogen) atoms. The minimum absolute atomic E-state index is 0.0656. The van der Waals surface area contributed by atoms with Crippen LogP contribution in [0.15, 0.2) is 66.9 Å². The van der Waals surface area contributed by atoms with Crippen LogP contribution in [0.2, 0.25) is 0 Å². The van der Waals surface area contributed by atoms with Gasteiger partial charge in [0.15, 0.2) is 0 Å². The number of nitrogens with one attached hydrogen (secondary N) is 1. The Balaban J connectivity index is 1.07. The maximum absolute atomic E-state index is 13.3. The average molecular weight is 650 g/mol. The Labute approximate surface area is 261 Å². The van der Waals surface area contributed by atoms with Crippen LogP contribution in [-0.2, 0) is 12.4 Å². The van der Waals surface area contributed by atoms with Crippen LogP contribution in [0.3, 0.4) is 0 Å². The third-order valence-corrected chi connectivity index (χ3v) is 8.17. The SMILES string of the molecule is O=[N+]([O-])c1ccc(N[C@H]2CC[C@H](Oc3ccnc(N4CCN(C/C=C/c5ccc(C(F)(F)F)cc5)CC4)c3)CC2)cc1C(F)(F)F. The van der Waals surface area contributed by atoms with Gasteiger partial charge in [0.2, 0.25) is 0 Å². The van der Waals surface area contributed by atoms with E-state index in [1.54, 1.807) is 12.3 Å². The summed E-state index contributed by atoms with van der Waals surface area (Å²) in [5, 5.41) is 14.1. The van der Waals surface area contributed by atoms with Gasteiger partial charge < -0.3 is 15.0 Å². The van der Waals surface area contributed by atoms with E-state index in [-0.39, 0.29) is 17.8 Å². The third kappa shape index (κ3) is 8.68. The Morgan fingerprint density at radius 2 is 1.61 bits per heavy atom. The first-order valence-electron chi connectivity index (χ1n) is 14.9. The van der Waals surface area contributed by atoms with Crippen molar-refractivity contribution >= 4 is 23.3 Å². The van der Waals surface area contributed by atoms with Crippen LogP contribution in [0, 0.1) is 10.1 Å². The summed E-state index contributed by atoms with van der Waals surface area (Å²) >= 11 is 0. The zero-order chi connectivity index (χ0) is 32.9. The number of aromatic nitrogens is 1. The van der Waals surface area contributed by atoms with Gasteiger partial charge in [-0.1, -0.05) is 24.3 Å². The number of hydrogen-bond donors (Lipinski definition) is 1. The average Bonchev–Trinajstić information content (AvgIpc) is 3.02. The number of hydrogen-bond acceptors (Lipinski definition) is 7. The molecule has 2 aliphatic rings. The summed E-state index contributed by atoms with van der Waals surface area (Å²) in [4.78, 5) is 18.9. The van der Waals surface area contributed by atoms with Gasteiger partial charge in [-0.25, -0.2) is 4.98 Å². The smallest absolute Gasteiger partial charge is 0.423 e. The van der Waals surface area contributed by atoms with Gasteiger partial charge in [0.25, 0.3) is 5.69 Å². The molecule has 8 nitrogen and oxygen atoms in total. The maximum atomic E-state index is 13.3. The molecule has 0 radical (unpaired) electrons. The lowest BCUT2D eigenvalue weighted by Gasteiger charge is -2.35. The van der Waals surface area contributed by atoms with Gasteiger partial charge in [0.1, 0.15) is 17.1 Å². The number of benzene rings is 2. The Kier molecular flexibility index (Phi) is 10.0. The molecule has 246 valence electrons. The van der Waals surface area contributed by atoms with E-state index in [2.05, 4.69) is 20.1 Å². The lowest BCUT2D eigenvalue weighted by molar-refractivity contribution is -0.388. The number of rotatable bonds is 9. The molecule has 0 spiro atoms. The Hall–Kier alpha value is -4.33. The Morgan fingerprint density at radius 3 is 2.24 bits per heavy atom. The zero-order valence-electron chi connectivity index (χ0n) is 24.7. The first kappa shape index (κ1) is 33.0. The highest BCUT2D eigenvalue weighted by molar-refractivity contribution is 5.56.